The Morgan fingerprint density at radius 3 is 2.04 bits per heavy atom. The zero-order valence-corrected chi connectivity index (χ0v) is 17.5. The number of carbonyl (C=O) groups excluding carboxylic acids is 2. The lowest BCUT2D eigenvalue weighted by Gasteiger charge is -2.37. The van der Waals surface area contributed by atoms with Gasteiger partial charge in [0.2, 0.25) is 5.91 Å². The van der Waals surface area contributed by atoms with Crippen LogP contribution in [0.4, 0.5) is 0 Å². The maximum atomic E-state index is 12.8. The van der Waals surface area contributed by atoms with Gasteiger partial charge in [0.15, 0.2) is 0 Å². The molecule has 0 radical (unpaired) electrons. The molecule has 0 N–H and O–H groups in total. The molecule has 1 saturated heterocycles. The van der Waals surface area contributed by atoms with Gasteiger partial charge in [-0.25, -0.2) is 0 Å². The van der Waals surface area contributed by atoms with Gasteiger partial charge in [0.1, 0.15) is 0 Å². The Morgan fingerprint density at radius 2 is 1.46 bits per heavy atom. The van der Waals surface area contributed by atoms with Crippen molar-refractivity contribution in [2.24, 2.45) is 5.92 Å². The van der Waals surface area contributed by atoms with Crippen molar-refractivity contribution in [3.05, 3.63) is 35.4 Å². The fraction of sp³-hybridized carbons (Fsp3) is 0.652. The van der Waals surface area contributed by atoms with Gasteiger partial charge >= 0.3 is 0 Å². The molecule has 2 amide bonds. The van der Waals surface area contributed by atoms with E-state index in [-0.39, 0.29) is 11.8 Å². The van der Waals surface area contributed by atoms with E-state index >= 15 is 0 Å². The first kappa shape index (κ1) is 20.8. The molecular weight excluding hydrogens is 350 g/mol. The number of benzene rings is 1. The third-order valence-electron chi connectivity index (χ3n) is 6.33. The lowest BCUT2D eigenvalue weighted by molar-refractivity contribution is -0.138. The highest BCUT2D eigenvalue weighted by atomic mass is 16.2. The fourth-order valence-corrected chi connectivity index (χ4v) is 4.38. The molecule has 3 rings (SSSR count). The molecular formula is C23H35N3O2. The van der Waals surface area contributed by atoms with Gasteiger partial charge < -0.3 is 9.80 Å². The van der Waals surface area contributed by atoms with Crippen LogP contribution in [-0.2, 0) is 11.3 Å². The smallest absolute Gasteiger partial charge is 0.253 e. The van der Waals surface area contributed by atoms with Crippen LogP contribution in [0, 0.1) is 5.92 Å². The second kappa shape index (κ2) is 10.1. The van der Waals surface area contributed by atoms with Crippen LogP contribution in [0.25, 0.3) is 0 Å². The van der Waals surface area contributed by atoms with Crippen molar-refractivity contribution in [1.82, 2.24) is 14.7 Å². The summed E-state index contributed by atoms with van der Waals surface area (Å²) in [7, 11) is 0. The lowest BCUT2D eigenvalue weighted by atomic mass is 9.88. The minimum absolute atomic E-state index is 0.0826. The topological polar surface area (TPSA) is 43.9 Å². The van der Waals surface area contributed by atoms with Gasteiger partial charge in [0, 0.05) is 44.2 Å². The van der Waals surface area contributed by atoms with Gasteiger partial charge in [-0.2, -0.15) is 0 Å². The van der Waals surface area contributed by atoms with E-state index in [0.717, 1.165) is 38.0 Å². The number of piperazine rings is 1. The predicted molar refractivity (Wildman–Crippen MR) is 112 cm³/mol. The third-order valence-corrected chi connectivity index (χ3v) is 6.33. The Balaban J connectivity index is 1.51. The molecule has 28 heavy (non-hydrogen) atoms. The summed E-state index contributed by atoms with van der Waals surface area (Å²) in [5.74, 6) is 0.612. The quantitative estimate of drug-likeness (QED) is 0.754. The summed E-state index contributed by atoms with van der Waals surface area (Å²) < 4.78 is 0. The van der Waals surface area contributed by atoms with Crippen LogP contribution in [0.3, 0.4) is 0 Å². The summed E-state index contributed by atoms with van der Waals surface area (Å²) in [6.07, 6.45) is 5.70. The number of hydrogen-bond donors (Lipinski definition) is 0. The van der Waals surface area contributed by atoms with E-state index in [1.165, 1.54) is 24.8 Å². The van der Waals surface area contributed by atoms with Crippen LogP contribution in [0.15, 0.2) is 24.3 Å². The molecule has 5 nitrogen and oxygen atoms in total. The van der Waals surface area contributed by atoms with Crippen LogP contribution in [0.1, 0.15) is 61.9 Å². The summed E-state index contributed by atoms with van der Waals surface area (Å²) >= 11 is 0. The van der Waals surface area contributed by atoms with E-state index in [1.807, 2.05) is 21.9 Å². The highest BCUT2D eigenvalue weighted by molar-refractivity contribution is 5.94. The van der Waals surface area contributed by atoms with Crippen molar-refractivity contribution >= 4 is 11.8 Å². The molecule has 1 heterocycles. The average molecular weight is 386 g/mol. The summed E-state index contributed by atoms with van der Waals surface area (Å²) in [5.41, 5.74) is 1.98. The van der Waals surface area contributed by atoms with Crippen LogP contribution >= 0.6 is 0 Å². The van der Waals surface area contributed by atoms with Gasteiger partial charge in [0.05, 0.1) is 0 Å². The molecule has 0 aromatic heterocycles. The molecule has 0 bridgehead atoms. The highest BCUT2D eigenvalue weighted by Gasteiger charge is 2.29. The Bertz CT molecular complexity index is 640. The third kappa shape index (κ3) is 5.13. The van der Waals surface area contributed by atoms with Crippen LogP contribution in [-0.4, -0.2) is 65.8 Å². The van der Waals surface area contributed by atoms with Crippen LogP contribution in [0.2, 0.25) is 0 Å². The number of amides is 2. The van der Waals surface area contributed by atoms with Crippen molar-refractivity contribution in [3.8, 4) is 0 Å². The molecule has 0 spiro atoms. The van der Waals surface area contributed by atoms with Crippen LogP contribution < -0.4 is 0 Å². The Morgan fingerprint density at radius 1 is 0.893 bits per heavy atom. The molecule has 154 valence electrons. The van der Waals surface area contributed by atoms with Gasteiger partial charge in [-0.15, -0.1) is 0 Å². The van der Waals surface area contributed by atoms with Gasteiger partial charge in [-0.1, -0.05) is 45.2 Å². The lowest BCUT2D eigenvalue weighted by Crippen LogP contribution is -2.52. The van der Waals surface area contributed by atoms with E-state index in [4.69, 9.17) is 0 Å². The molecule has 0 atom stereocenters. The summed E-state index contributed by atoms with van der Waals surface area (Å²) in [6, 6.07) is 8.02. The molecule has 1 aromatic carbocycles. The minimum Gasteiger partial charge on any atom is -0.339 e. The van der Waals surface area contributed by atoms with Crippen molar-refractivity contribution < 1.29 is 9.59 Å². The molecule has 2 aliphatic rings. The normalized spacial score (nSPS) is 18.5. The molecule has 1 saturated carbocycles. The van der Waals surface area contributed by atoms with Gasteiger partial charge in [0.25, 0.3) is 5.91 Å². The van der Waals surface area contributed by atoms with Crippen molar-refractivity contribution in [2.75, 3.05) is 39.3 Å². The minimum atomic E-state index is 0.0826. The molecule has 5 heteroatoms. The second-order valence-corrected chi connectivity index (χ2v) is 8.11. The average Bonchev–Trinajstić information content (AvgIpc) is 2.77. The summed E-state index contributed by atoms with van der Waals surface area (Å²) in [6.45, 7) is 9.92. The van der Waals surface area contributed by atoms with E-state index in [9.17, 15) is 9.59 Å². The van der Waals surface area contributed by atoms with E-state index in [2.05, 4.69) is 30.9 Å². The monoisotopic (exact) mass is 385 g/mol. The molecule has 2 fully saturated rings. The molecule has 1 aliphatic carbocycles. The first-order chi connectivity index (χ1) is 13.6. The number of rotatable bonds is 6. The fourth-order valence-electron chi connectivity index (χ4n) is 4.38. The van der Waals surface area contributed by atoms with Crippen molar-refractivity contribution in [3.63, 3.8) is 0 Å². The standard InChI is InChI=1S/C23H35N3O2/c1-3-24(4-2)18-19-10-12-21(13-11-19)23(28)26-16-14-25(15-17-26)22(27)20-8-6-5-7-9-20/h10-13,20H,3-9,14-18H2,1-2H3. The van der Waals surface area contributed by atoms with Crippen molar-refractivity contribution in [1.29, 1.82) is 0 Å². The summed E-state index contributed by atoms with van der Waals surface area (Å²) in [4.78, 5) is 31.8. The Kier molecular flexibility index (Phi) is 7.49. The Labute approximate surface area is 169 Å². The first-order valence-electron chi connectivity index (χ1n) is 11.0. The maximum Gasteiger partial charge on any atom is 0.253 e. The summed E-state index contributed by atoms with van der Waals surface area (Å²) in [5, 5.41) is 0. The van der Waals surface area contributed by atoms with E-state index in [0.29, 0.717) is 32.1 Å². The van der Waals surface area contributed by atoms with Gasteiger partial charge in [-0.05, 0) is 43.6 Å². The zero-order valence-electron chi connectivity index (χ0n) is 17.5. The molecule has 1 aromatic rings. The second-order valence-electron chi connectivity index (χ2n) is 8.11. The largest absolute Gasteiger partial charge is 0.339 e. The molecule has 0 unspecified atom stereocenters. The SMILES string of the molecule is CCN(CC)Cc1ccc(C(=O)N2CCN(C(=O)C3CCCCC3)CC2)cc1. The molecule has 1 aliphatic heterocycles. The first-order valence-corrected chi connectivity index (χ1v) is 11.0. The number of hydrogen-bond acceptors (Lipinski definition) is 3. The maximum absolute atomic E-state index is 12.8. The van der Waals surface area contributed by atoms with Gasteiger partial charge in [-0.3, -0.25) is 14.5 Å². The van der Waals surface area contributed by atoms with E-state index < -0.39 is 0 Å². The number of nitrogens with zero attached hydrogens (tertiary/aromatic N) is 3. The Hall–Kier alpha value is -1.88. The van der Waals surface area contributed by atoms with Crippen molar-refractivity contribution in [2.45, 2.75) is 52.5 Å². The predicted octanol–water partition coefficient (Wildman–Crippen LogP) is 3.39. The van der Waals surface area contributed by atoms with E-state index in [1.54, 1.807) is 0 Å². The van der Waals surface area contributed by atoms with Crippen LogP contribution in [0.5, 0.6) is 0 Å². The number of carbonyl (C=O) groups is 2. The zero-order chi connectivity index (χ0) is 19.9. The highest BCUT2D eigenvalue weighted by Crippen LogP contribution is 2.26.